The van der Waals surface area contributed by atoms with Crippen LogP contribution in [-0.4, -0.2) is 21.4 Å². The molecule has 2 rings (SSSR count). The third-order valence-corrected chi connectivity index (χ3v) is 4.39. The zero-order chi connectivity index (χ0) is 15.2. The van der Waals surface area contributed by atoms with Crippen LogP contribution in [0.3, 0.4) is 0 Å². The first kappa shape index (κ1) is 15.9. The molecule has 0 bridgehead atoms. The number of aromatic nitrogens is 2. The van der Waals surface area contributed by atoms with Gasteiger partial charge in [0.15, 0.2) is 0 Å². The molecular weight excluding hydrogens is 306 g/mol. The minimum atomic E-state index is -0.0417. The molecule has 1 unspecified atom stereocenters. The third kappa shape index (κ3) is 4.51. The van der Waals surface area contributed by atoms with Gasteiger partial charge in [0, 0.05) is 16.0 Å². The van der Waals surface area contributed by atoms with Gasteiger partial charge < -0.3 is 5.32 Å². The van der Waals surface area contributed by atoms with Crippen molar-refractivity contribution in [3.05, 3.63) is 41.6 Å². The fourth-order valence-corrected chi connectivity index (χ4v) is 2.62. The van der Waals surface area contributed by atoms with Crippen LogP contribution in [-0.2, 0) is 4.79 Å². The summed E-state index contributed by atoms with van der Waals surface area (Å²) in [5, 5.41) is 7.85. The lowest BCUT2D eigenvalue weighted by atomic mass is 10.3. The van der Waals surface area contributed by atoms with E-state index in [1.807, 2.05) is 35.0 Å². The number of carbonyl (C=O) groups is 1. The highest BCUT2D eigenvalue weighted by atomic mass is 35.5. The lowest BCUT2D eigenvalue weighted by Crippen LogP contribution is -2.18. The monoisotopic (exact) mass is 323 g/mol. The number of carbonyl (C=O) groups excluding carboxylic acids is 1. The van der Waals surface area contributed by atoms with E-state index in [-0.39, 0.29) is 11.9 Å². The summed E-state index contributed by atoms with van der Waals surface area (Å²) in [6, 6.07) is 9.53. The molecule has 0 aliphatic rings. The minimum Gasteiger partial charge on any atom is -0.310 e. The van der Waals surface area contributed by atoms with E-state index in [1.54, 1.807) is 6.20 Å². The number of halogens is 1. The number of anilines is 1. The Kier molecular flexibility index (Phi) is 5.70. The van der Waals surface area contributed by atoms with E-state index in [9.17, 15) is 4.79 Å². The van der Waals surface area contributed by atoms with Gasteiger partial charge in [0.1, 0.15) is 5.82 Å². The van der Waals surface area contributed by atoms with Gasteiger partial charge in [-0.05, 0) is 37.6 Å². The van der Waals surface area contributed by atoms with E-state index in [0.717, 1.165) is 17.1 Å². The van der Waals surface area contributed by atoms with Crippen molar-refractivity contribution in [1.29, 1.82) is 0 Å². The number of rotatable bonds is 6. The molecule has 1 atom stereocenters. The van der Waals surface area contributed by atoms with Crippen molar-refractivity contribution in [1.82, 2.24) is 9.78 Å². The Hall–Kier alpha value is -1.46. The maximum absolute atomic E-state index is 12.0. The number of hydrogen-bond donors (Lipinski definition) is 1. The highest BCUT2D eigenvalue weighted by Crippen LogP contribution is 2.21. The van der Waals surface area contributed by atoms with Crippen LogP contribution in [0.2, 0.25) is 5.02 Å². The molecule has 112 valence electrons. The number of nitrogens with zero attached hydrogens (tertiary/aromatic N) is 2. The SMILES string of the molecule is CCC(C)n1nccc1NC(=O)CSc1ccc(Cl)cc1. The maximum atomic E-state index is 12.0. The van der Waals surface area contributed by atoms with Crippen molar-refractivity contribution < 1.29 is 4.79 Å². The molecule has 1 aromatic carbocycles. The zero-order valence-corrected chi connectivity index (χ0v) is 13.6. The lowest BCUT2D eigenvalue weighted by molar-refractivity contribution is -0.113. The first-order chi connectivity index (χ1) is 10.1. The second kappa shape index (κ2) is 7.52. The van der Waals surface area contributed by atoms with Crippen molar-refractivity contribution in [2.75, 3.05) is 11.1 Å². The summed E-state index contributed by atoms with van der Waals surface area (Å²) < 4.78 is 1.84. The molecule has 21 heavy (non-hydrogen) atoms. The standard InChI is InChI=1S/C15H18ClN3OS/c1-3-11(2)19-14(8-9-17-19)18-15(20)10-21-13-6-4-12(16)5-7-13/h4-9,11H,3,10H2,1-2H3,(H,18,20). The Morgan fingerprint density at radius 1 is 1.38 bits per heavy atom. The molecule has 0 aliphatic carbocycles. The van der Waals surface area contributed by atoms with Crippen LogP contribution >= 0.6 is 23.4 Å². The molecule has 1 heterocycles. The summed E-state index contributed by atoms with van der Waals surface area (Å²) in [7, 11) is 0. The van der Waals surface area contributed by atoms with Gasteiger partial charge in [-0.3, -0.25) is 4.79 Å². The number of benzene rings is 1. The smallest absolute Gasteiger partial charge is 0.235 e. The van der Waals surface area contributed by atoms with Gasteiger partial charge in [-0.2, -0.15) is 5.10 Å². The molecule has 1 aromatic heterocycles. The van der Waals surface area contributed by atoms with Crippen molar-refractivity contribution in [3.63, 3.8) is 0 Å². The predicted molar refractivity (Wildman–Crippen MR) is 88.0 cm³/mol. The van der Waals surface area contributed by atoms with Crippen molar-refractivity contribution >= 4 is 35.1 Å². The fourth-order valence-electron chi connectivity index (χ4n) is 1.80. The Bertz CT molecular complexity index is 597. The topological polar surface area (TPSA) is 46.9 Å². The molecule has 0 fully saturated rings. The van der Waals surface area contributed by atoms with E-state index in [0.29, 0.717) is 10.8 Å². The maximum Gasteiger partial charge on any atom is 0.235 e. The van der Waals surface area contributed by atoms with E-state index < -0.39 is 0 Å². The number of amides is 1. The molecule has 1 N–H and O–H groups in total. The van der Waals surface area contributed by atoms with Crippen LogP contribution in [0.5, 0.6) is 0 Å². The predicted octanol–water partition coefficient (Wildman–Crippen LogP) is 4.24. The number of nitrogens with one attached hydrogen (secondary N) is 1. The highest BCUT2D eigenvalue weighted by molar-refractivity contribution is 8.00. The van der Waals surface area contributed by atoms with Crippen molar-refractivity contribution in [2.45, 2.75) is 31.2 Å². The number of hydrogen-bond acceptors (Lipinski definition) is 3. The first-order valence-electron chi connectivity index (χ1n) is 6.82. The van der Waals surface area contributed by atoms with Gasteiger partial charge in [0.2, 0.25) is 5.91 Å². The lowest BCUT2D eigenvalue weighted by Gasteiger charge is -2.14. The average molecular weight is 324 g/mol. The third-order valence-electron chi connectivity index (χ3n) is 3.13. The van der Waals surface area contributed by atoms with Gasteiger partial charge in [-0.15, -0.1) is 11.8 Å². The second-order valence-electron chi connectivity index (χ2n) is 4.71. The van der Waals surface area contributed by atoms with Gasteiger partial charge in [-0.1, -0.05) is 18.5 Å². The van der Waals surface area contributed by atoms with E-state index in [2.05, 4.69) is 24.3 Å². The van der Waals surface area contributed by atoms with Gasteiger partial charge >= 0.3 is 0 Å². The second-order valence-corrected chi connectivity index (χ2v) is 6.19. The van der Waals surface area contributed by atoms with Gasteiger partial charge in [0.25, 0.3) is 0 Å². The Morgan fingerprint density at radius 3 is 2.76 bits per heavy atom. The van der Waals surface area contributed by atoms with E-state index in [4.69, 9.17) is 11.6 Å². The number of thioether (sulfide) groups is 1. The highest BCUT2D eigenvalue weighted by Gasteiger charge is 2.11. The Labute approximate surface area is 133 Å². The van der Waals surface area contributed by atoms with Crippen LogP contribution in [0.25, 0.3) is 0 Å². The molecular formula is C15H18ClN3OS. The summed E-state index contributed by atoms with van der Waals surface area (Å²) in [6.07, 6.45) is 2.66. The molecule has 0 radical (unpaired) electrons. The van der Waals surface area contributed by atoms with E-state index >= 15 is 0 Å². The molecule has 6 heteroatoms. The van der Waals surface area contributed by atoms with Gasteiger partial charge in [-0.25, -0.2) is 4.68 Å². The molecule has 0 spiro atoms. The van der Waals surface area contributed by atoms with Crippen LogP contribution in [0.15, 0.2) is 41.4 Å². The van der Waals surface area contributed by atoms with Crippen molar-refractivity contribution in [3.8, 4) is 0 Å². The summed E-state index contributed by atoms with van der Waals surface area (Å²) in [5.74, 6) is 1.05. The molecule has 0 saturated carbocycles. The van der Waals surface area contributed by atoms with Crippen LogP contribution < -0.4 is 5.32 Å². The van der Waals surface area contributed by atoms with Crippen LogP contribution in [0.4, 0.5) is 5.82 Å². The van der Waals surface area contributed by atoms with Gasteiger partial charge in [0.05, 0.1) is 18.0 Å². The molecule has 4 nitrogen and oxygen atoms in total. The summed E-state index contributed by atoms with van der Waals surface area (Å²) in [4.78, 5) is 13.0. The largest absolute Gasteiger partial charge is 0.310 e. The summed E-state index contributed by atoms with van der Waals surface area (Å²) in [6.45, 7) is 4.17. The van der Waals surface area contributed by atoms with Crippen molar-refractivity contribution in [2.24, 2.45) is 0 Å². The Balaban J connectivity index is 1.90. The molecule has 0 aliphatic heterocycles. The quantitative estimate of drug-likeness (QED) is 0.809. The molecule has 2 aromatic rings. The summed E-state index contributed by atoms with van der Waals surface area (Å²) >= 11 is 7.31. The average Bonchev–Trinajstić information content (AvgIpc) is 2.94. The van der Waals surface area contributed by atoms with Crippen LogP contribution in [0.1, 0.15) is 26.3 Å². The van der Waals surface area contributed by atoms with Crippen LogP contribution in [0, 0.1) is 0 Å². The fraction of sp³-hybridized carbons (Fsp3) is 0.333. The normalized spacial score (nSPS) is 12.1. The summed E-state index contributed by atoms with van der Waals surface area (Å²) in [5.41, 5.74) is 0. The molecule has 1 amide bonds. The Morgan fingerprint density at radius 2 is 2.10 bits per heavy atom. The minimum absolute atomic E-state index is 0.0417. The molecule has 0 saturated heterocycles. The zero-order valence-electron chi connectivity index (χ0n) is 12.0. The van der Waals surface area contributed by atoms with E-state index in [1.165, 1.54) is 11.8 Å². The first-order valence-corrected chi connectivity index (χ1v) is 8.18.